The fourth-order valence-electron chi connectivity index (χ4n) is 4.18. The van der Waals surface area contributed by atoms with Crippen LogP contribution in [-0.4, -0.2) is 24.0 Å². The molecule has 1 heteroatoms. The summed E-state index contributed by atoms with van der Waals surface area (Å²) in [5.74, 6) is 0. The summed E-state index contributed by atoms with van der Waals surface area (Å²) in [6.45, 7) is 2.61. The summed E-state index contributed by atoms with van der Waals surface area (Å²) >= 11 is 0. The van der Waals surface area contributed by atoms with Gasteiger partial charge in [-0.15, -0.1) is 0 Å². The first-order valence-corrected chi connectivity index (χ1v) is 9.96. The van der Waals surface area contributed by atoms with Crippen LogP contribution in [0.4, 0.5) is 0 Å². The minimum Gasteiger partial charge on any atom is -0.297 e. The molecule has 1 saturated heterocycles. The van der Waals surface area contributed by atoms with E-state index in [2.05, 4.69) is 65.6 Å². The first-order valence-electron chi connectivity index (χ1n) is 9.96. The molecule has 4 rings (SSSR count). The largest absolute Gasteiger partial charge is 0.297 e. The average molecular weight is 332 g/mol. The van der Waals surface area contributed by atoms with E-state index >= 15 is 0 Å². The van der Waals surface area contributed by atoms with Gasteiger partial charge in [0.2, 0.25) is 0 Å². The monoisotopic (exact) mass is 331 g/mol. The number of benzene rings is 2. The van der Waals surface area contributed by atoms with E-state index in [0.29, 0.717) is 0 Å². The van der Waals surface area contributed by atoms with Gasteiger partial charge in [0.15, 0.2) is 0 Å². The smallest absolute Gasteiger partial charge is 0.0310 e. The second-order valence-electron chi connectivity index (χ2n) is 7.60. The SMILES string of the molecule is C(=C1/CCCCC1N1CCC1)/c1ccc(CCc2ccccc2)cc1. The third-order valence-electron chi connectivity index (χ3n) is 5.83. The highest BCUT2D eigenvalue weighted by molar-refractivity contribution is 5.55. The Kier molecular flexibility index (Phi) is 5.32. The van der Waals surface area contributed by atoms with E-state index in [0.717, 1.165) is 18.9 Å². The molecule has 1 saturated carbocycles. The van der Waals surface area contributed by atoms with Gasteiger partial charge >= 0.3 is 0 Å². The van der Waals surface area contributed by atoms with E-state index in [1.54, 1.807) is 5.57 Å². The fourth-order valence-corrected chi connectivity index (χ4v) is 4.18. The normalized spacial score (nSPS) is 22.7. The first kappa shape index (κ1) is 16.6. The fraction of sp³-hybridized carbons (Fsp3) is 0.417. The van der Waals surface area contributed by atoms with Crippen LogP contribution in [0.3, 0.4) is 0 Å². The molecule has 0 bridgehead atoms. The first-order chi connectivity index (χ1) is 12.4. The van der Waals surface area contributed by atoms with Crippen LogP contribution in [0.1, 0.15) is 48.8 Å². The van der Waals surface area contributed by atoms with Crippen molar-refractivity contribution in [2.24, 2.45) is 0 Å². The van der Waals surface area contributed by atoms with Crippen molar-refractivity contribution in [3.63, 3.8) is 0 Å². The van der Waals surface area contributed by atoms with E-state index in [1.165, 1.54) is 61.9 Å². The molecular formula is C24H29N. The summed E-state index contributed by atoms with van der Waals surface area (Å²) in [4.78, 5) is 2.68. The highest BCUT2D eigenvalue weighted by Gasteiger charge is 2.28. The third-order valence-corrected chi connectivity index (χ3v) is 5.83. The van der Waals surface area contributed by atoms with Gasteiger partial charge < -0.3 is 0 Å². The molecule has 1 atom stereocenters. The van der Waals surface area contributed by atoms with Gasteiger partial charge in [0.1, 0.15) is 0 Å². The Morgan fingerprint density at radius 1 is 0.800 bits per heavy atom. The molecule has 1 unspecified atom stereocenters. The summed E-state index contributed by atoms with van der Waals surface area (Å²) < 4.78 is 0. The maximum Gasteiger partial charge on any atom is 0.0310 e. The Bertz CT molecular complexity index is 695. The summed E-state index contributed by atoms with van der Waals surface area (Å²) in [6, 6.07) is 20.8. The van der Waals surface area contributed by atoms with Gasteiger partial charge in [-0.2, -0.15) is 0 Å². The van der Waals surface area contributed by atoms with Crippen LogP contribution in [0.5, 0.6) is 0 Å². The predicted molar refractivity (Wildman–Crippen MR) is 107 cm³/mol. The van der Waals surface area contributed by atoms with Gasteiger partial charge in [0.25, 0.3) is 0 Å². The summed E-state index contributed by atoms with van der Waals surface area (Å²) in [6.07, 6.45) is 11.5. The zero-order valence-electron chi connectivity index (χ0n) is 15.2. The van der Waals surface area contributed by atoms with E-state index < -0.39 is 0 Å². The predicted octanol–water partition coefficient (Wildman–Crippen LogP) is 5.50. The third kappa shape index (κ3) is 4.22. The minimum absolute atomic E-state index is 0.722. The van der Waals surface area contributed by atoms with Gasteiger partial charge in [-0.3, -0.25) is 4.90 Å². The number of hydrogen-bond acceptors (Lipinski definition) is 1. The maximum absolute atomic E-state index is 2.68. The summed E-state index contributed by atoms with van der Waals surface area (Å²) in [5.41, 5.74) is 5.91. The topological polar surface area (TPSA) is 3.24 Å². The quantitative estimate of drug-likeness (QED) is 0.699. The molecule has 1 aliphatic carbocycles. The van der Waals surface area contributed by atoms with E-state index in [1.807, 2.05) is 0 Å². The van der Waals surface area contributed by atoms with E-state index in [9.17, 15) is 0 Å². The molecule has 2 aromatic carbocycles. The van der Waals surface area contributed by atoms with Crippen LogP contribution in [0, 0.1) is 0 Å². The number of likely N-dealkylation sites (tertiary alicyclic amines) is 1. The molecule has 0 aromatic heterocycles. The molecule has 130 valence electrons. The van der Waals surface area contributed by atoms with Crippen LogP contribution in [0.25, 0.3) is 6.08 Å². The van der Waals surface area contributed by atoms with Gasteiger partial charge in [0.05, 0.1) is 0 Å². The van der Waals surface area contributed by atoms with Crippen LogP contribution in [0.2, 0.25) is 0 Å². The van der Waals surface area contributed by atoms with Gasteiger partial charge in [-0.25, -0.2) is 0 Å². The van der Waals surface area contributed by atoms with Gasteiger partial charge in [-0.05, 0) is 68.3 Å². The molecule has 0 radical (unpaired) electrons. The molecule has 2 aliphatic rings. The number of nitrogens with zero attached hydrogens (tertiary/aromatic N) is 1. The second kappa shape index (κ2) is 8.01. The Morgan fingerprint density at radius 3 is 2.20 bits per heavy atom. The average Bonchev–Trinajstić information content (AvgIpc) is 2.62. The molecule has 0 amide bonds. The lowest BCUT2D eigenvalue weighted by atomic mass is 9.86. The van der Waals surface area contributed by atoms with E-state index in [-0.39, 0.29) is 0 Å². The molecule has 1 aliphatic heterocycles. The zero-order chi connectivity index (χ0) is 16.9. The summed E-state index contributed by atoms with van der Waals surface area (Å²) in [5, 5.41) is 0. The van der Waals surface area contributed by atoms with Crippen molar-refractivity contribution < 1.29 is 0 Å². The van der Waals surface area contributed by atoms with Gasteiger partial charge in [-0.1, -0.05) is 72.7 Å². The van der Waals surface area contributed by atoms with Crippen LogP contribution >= 0.6 is 0 Å². The van der Waals surface area contributed by atoms with Crippen molar-refractivity contribution in [3.05, 3.63) is 76.9 Å². The Morgan fingerprint density at radius 2 is 1.52 bits per heavy atom. The number of hydrogen-bond donors (Lipinski definition) is 0. The molecular weight excluding hydrogens is 302 g/mol. The second-order valence-corrected chi connectivity index (χ2v) is 7.60. The molecule has 0 N–H and O–H groups in total. The molecule has 1 nitrogen and oxygen atoms in total. The Hall–Kier alpha value is -1.86. The standard InChI is InChI=1S/C24H29N/c1-2-7-20(8-3-1)11-12-21-13-15-22(16-14-21)19-23-9-4-5-10-24(23)25-17-6-18-25/h1-3,7-8,13-16,19,24H,4-6,9-12,17-18H2/b23-19+. The Labute approximate surface area is 152 Å². The lowest BCUT2D eigenvalue weighted by molar-refractivity contribution is 0.121. The highest BCUT2D eigenvalue weighted by atomic mass is 15.2. The van der Waals surface area contributed by atoms with E-state index in [4.69, 9.17) is 0 Å². The molecule has 1 heterocycles. The Balaban J connectivity index is 1.40. The maximum atomic E-state index is 2.68. The van der Waals surface area contributed by atoms with Crippen LogP contribution in [0.15, 0.2) is 60.2 Å². The molecule has 0 spiro atoms. The zero-order valence-corrected chi connectivity index (χ0v) is 15.2. The van der Waals surface area contributed by atoms with Crippen molar-refractivity contribution in [3.8, 4) is 0 Å². The minimum atomic E-state index is 0.722. The lowest BCUT2D eigenvalue weighted by Gasteiger charge is -2.42. The number of rotatable bonds is 5. The molecule has 2 fully saturated rings. The van der Waals surface area contributed by atoms with Crippen molar-refractivity contribution >= 4 is 6.08 Å². The summed E-state index contributed by atoms with van der Waals surface area (Å²) in [7, 11) is 0. The van der Waals surface area contributed by atoms with Gasteiger partial charge in [0, 0.05) is 6.04 Å². The van der Waals surface area contributed by atoms with Crippen molar-refractivity contribution in [1.82, 2.24) is 4.90 Å². The molecule has 2 aromatic rings. The lowest BCUT2D eigenvalue weighted by Crippen LogP contribution is -2.46. The van der Waals surface area contributed by atoms with Crippen molar-refractivity contribution in [1.29, 1.82) is 0 Å². The number of aryl methyl sites for hydroxylation is 2. The van der Waals surface area contributed by atoms with Crippen molar-refractivity contribution in [2.45, 2.75) is 51.0 Å². The highest BCUT2D eigenvalue weighted by Crippen LogP contribution is 2.32. The van der Waals surface area contributed by atoms with Crippen LogP contribution < -0.4 is 0 Å². The molecule has 25 heavy (non-hydrogen) atoms. The van der Waals surface area contributed by atoms with Crippen LogP contribution in [-0.2, 0) is 12.8 Å². The van der Waals surface area contributed by atoms with Crippen molar-refractivity contribution in [2.75, 3.05) is 13.1 Å².